The fourth-order valence-electron chi connectivity index (χ4n) is 1.90. The van der Waals surface area contributed by atoms with Gasteiger partial charge in [-0.05, 0) is 42.1 Å². The Labute approximate surface area is 143 Å². The first-order valence-electron chi connectivity index (χ1n) is 6.29. The second-order valence-corrected chi connectivity index (χ2v) is 5.99. The van der Waals surface area contributed by atoms with E-state index in [1.54, 1.807) is 23.3 Å². The first-order chi connectivity index (χ1) is 9.86. The Hall–Kier alpha value is -1.30. The summed E-state index contributed by atoms with van der Waals surface area (Å²) in [7, 11) is 0. The quantitative estimate of drug-likeness (QED) is 0.581. The minimum atomic E-state index is 0. The highest BCUT2D eigenvalue weighted by Gasteiger charge is 2.05. The van der Waals surface area contributed by atoms with Crippen molar-refractivity contribution in [2.75, 3.05) is 6.26 Å². The third kappa shape index (κ3) is 3.87. The van der Waals surface area contributed by atoms with Crippen molar-refractivity contribution in [1.82, 2.24) is 3.96 Å². The zero-order valence-electron chi connectivity index (χ0n) is 11.5. The Kier molecular flexibility index (Phi) is 5.85. The summed E-state index contributed by atoms with van der Waals surface area (Å²) in [5.74, 6) is 0. The molecule has 0 radical (unpaired) electrons. The van der Waals surface area contributed by atoms with E-state index in [0.29, 0.717) is 0 Å². The van der Waals surface area contributed by atoms with Gasteiger partial charge in [0, 0.05) is 6.07 Å². The molecule has 0 N–H and O–H groups in total. The van der Waals surface area contributed by atoms with E-state index in [2.05, 4.69) is 45.5 Å². The van der Waals surface area contributed by atoms with Crippen molar-refractivity contribution in [2.24, 2.45) is 4.99 Å². The number of aromatic nitrogens is 1. The lowest BCUT2D eigenvalue weighted by Crippen LogP contribution is -1.90. The lowest BCUT2D eigenvalue weighted by molar-refractivity contribution is 1.05. The van der Waals surface area contributed by atoms with Crippen LogP contribution in [-0.2, 0) is 0 Å². The zero-order chi connectivity index (χ0) is 13.8. The number of thioether (sulfide) groups is 1. The number of halogens is 1. The van der Waals surface area contributed by atoms with Crippen molar-refractivity contribution in [1.29, 1.82) is 0 Å². The first-order valence-corrected chi connectivity index (χ1v) is 8.29. The van der Waals surface area contributed by atoms with Gasteiger partial charge in [-0.25, -0.2) is 4.99 Å². The Bertz CT molecular complexity index is 749. The lowest BCUT2D eigenvalue weighted by Gasteiger charge is -2.04. The lowest BCUT2D eigenvalue weighted by atomic mass is 10.3. The van der Waals surface area contributed by atoms with E-state index in [1.165, 1.54) is 10.7 Å². The molecular formula is C16H15BrN2S2. The maximum atomic E-state index is 4.68. The van der Waals surface area contributed by atoms with Gasteiger partial charge in [-0.15, -0.1) is 28.7 Å². The molecule has 5 heteroatoms. The maximum Gasteiger partial charge on any atom is 0.136 e. The second-order valence-electron chi connectivity index (χ2n) is 4.19. The van der Waals surface area contributed by atoms with Crippen LogP contribution in [0, 0.1) is 0 Å². The summed E-state index contributed by atoms with van der Waals surface area (Å²) in [6.07, 6.45) is 2.09. The smallest absolute Gasteiger partial charge is 0.136 e. The molecule has 2 aromatic carbocycles. The number of hydrogen-bond donors (Lipinski definition) is 0. The van der Waals surface area contributed by atoms with Crippen LogP contribution in [0.3, 0.4) is 0 Å². The van der Waals surface area contributed by atoms with Gasteiger partial charge in [0.1, 0.15) is 4.67 Å². The van der Waals surface area contributed by atoms with Gasteiger partial charge in [0.25, 0.3) is 0 Å². The van der Waals surface area contributed by atoms with E-state index in [0.717, 1.165) is 10.4 Å². The molecule has 1 aromatic heterocycles. The van der Waals surface area contributed by atoms with Gasteiger partial charge in [-0.2, -0.15) is 0 Å². The van der Waals surface area contributed by atoms with E-state index in [9.17, 15) is 0 Å². The van der Waals surface area contributed by atoms with Gasteiger partial charge in [0.15, 0.2) is 0 Å². The molecule has 0 saturated heterocycles. The van der Waals surface area contributed by atoms with Crippen LogP contribution in [0.5, 0.6) is 0 Å². The van der Waals surface area contributed by atoms with Gasteiger partial charge in [0.2, 0.25) is 0 Å². The van der Waals surface area contributed by atoms with Gasteiger partial charge in [-0.3, -0.25) is 3.96 Å². The summed E-state index contributed by atoms with van der Waals surface area (Å²) >= 11 is 3.40. The van der Waals surface area contributed by atoms with E-state index in [-0.39, 0.29) is 17.0 Å². The second kappa shape index (κ2) is 7.64. The van der Waals surface area contributed by atoms with Crippen molar-refractivity contribution in [3.8, 4) is 5.69 Å². The van der Waals surface area contributed by atoms with Gasteiger partial charge < -0.3 is 0 Å². The largest absolute Gasteiger partial charge is 0.258 e. The van der Waals surface area contributed by atoms with Crippen LogP contribution < -0.4 is 4.67 Å². The van der Waals surface area contributed by atoms with Crippen LogP contribution in [-0.4, -0.2) is 10.2 Å². The van der Waals surface area contributed by atoms with E-state index in [4.69, 9.17) is 0 Å². The van der Waals surface area contributed by atoms with Crippen LogP contribution in [0.25, 0.3) is 5.69 Å². The molecule has 108 valence electrons. The summed E-state index contributed by atoms with van der Waals surface area (Å²) in [6, 6.07) is 22.6. The molecule has 0 fully saturated rings. The molecule has 0 saturated carbocycles. The molecule has 1 heterocycles. The van der Waals surface area contributed by atoms with Crippen molar-refractivity contribution < 1.29 is 0 Å². The third-order valence-electron chi connectivity index (χ3n) is 2.83. The summed E-state index contributed by atoms with van der Waals surface area (Å²) in [5, 5.41) is 1.20. The molecule has 0 spiro atoms. The summed E-state index contributed by atoms with van der Waals surface area (Å²) in [5.41, 5.74) is 2.16. The van der Waals surface area contributed by atoms with Crippen LogP contribution in [0.15, 0.2) is 76.7 Å². The Morgan fingerprint density at radius 1 is 0.952 bits per heavy atom. The average molecular weight is 379 g/mol. The molecule has 3 aromatic rings. The summed E-state index contributed by atoms with van der Waals surface area (Å²) < 4.78 is 3.23. The number of hydrogen-bond acceptors (Lipinski definition) is 3. The molecule has 21 heavy (non-hydrogen) atoms. The summed E-state index contributed by atoms with van der Waals surface area (Å²) in [6.45, 7) is 0. The molecule has 2 nitrogen and oxygen atoms in total. The highest BCUT2D eigenvalue weighted by Crippen LogP contribution is 2.21. The Morgan fingerprint density at radius 2 is 1.57 bits per heavy atom. The zero-order valence-corrected chi connectivity index (χ0v) is 14.8. The minimum Gasteiger partial charge on any atom is -0.258 e. The molecule has 0 aliphatic heterocycles. The molecular weight excluding hydrogens is 364 g/mol. The van der Waals surface area contributed by atoms with Gasteiger partial charge in [-0.1, -0.05) is 36.4 Å². The molecule has 0 unspecified atom stereocenters. The first kappa shape index (κ1) is 16.1. The Balaban J connectivity index is 0.00000161. The van der Waals surface area contributed by atoms with E-state index < -0.39 is 0 Å². The summed E-state index contributed by atoms with van der Waals surface area (Å²) in [4.78, 5) is 4.68. The highest BCUT2D eigenvalue weighted by atomic mass is 79.9. The van der Waals surface area contributed by atoms with Crippen LogP contribution >= 0.6 is 40.3 Å². The van der Waals surface area contributed by atoms with E-state index >= 15 is 0 Å². The fourth-order valence-corrected chi connectivity index (χ4v) is 3.67. The highest BCUT2D eigenvalue weighted by molar-refractivity contribution is 8.93. The van der Waals surface area contributed by atoms with Gasteiger partial charge >= 0.3 is 0 Å². The van der Waals surface area contributed by atoms with Crippen LogP contribution in [0.4, 0.5) is 5.69 Å². The number of benzene rings is 2. The average Bonchev–Trinajstić information content (AvgIpc) is 2.92. The van der Waals surface area contributed by atoms with Crippen LogP contribution in [0.2, 0.25) is 0 Å². The molecule has 0 aliphatic carbocycles. The minimum absolute atomic E-state index is 0. The normalized spacial score (nSPS) is 11.2. The third-order valence-corrected chi connectivity index (χ3v) is 4.65. The standard InChI is InChI=1S/C16H14N2S2.BrH/c1-19-16-12-15(17-13-8-4-2-5-9-13)20-18(16)14-10-6-3-7-11-14;/h2-12H,1H3;1H. The number of para-hydroxylation sites is 2. The topological polar surface area (TPSA) is 17.3 Å². The molecule has 3 rings (SSSR count). The predicted molar refractivity (Wildman–Crippen MR) is 97.4 cm³/mol. The number of rotatable bonds is 3. The van der Waals surface area contributed by atoms with Gasteiger partial charge in [0.05, 0.1) is 16.4 Å². The van der Waals surface area contributed by atoms with E-state index in [1.807, 2.05) is 36.4 Å². The molecule has 0 aliphatic rings. The van der Waals surface area contributed by atoms with Crippen molar-refractivity contribution >= 4 is 46.0 Å². The molecule has 0 amide bonds. The van der Waals surface area contributed by atoms with Crippen LogP contribution in [0.1, 0.15) is 0 Å². The van der Waals surface area contributed by atoms with Crippen molar-refractivity contribution in [3.05, 3.63) is 71.4 Å². The molecule has 0 atom stereocenters. The van der Waals surface area contributed by atoms with Crippen molar-refractivity contribution in [3.63, 3.8) is 0 Å². The Morgan fingerprint density at radius 3 is 2.19 bits per heavy atom. The number of nitrogens with zero attached hydrogens (tertiary/aromatic N) is 2. The predicted octanol–water partition coefficient (Wildman–Crippen LogP) is 5.07. The SMILES string of the molecule is Br.CSc1cc(=Nc2ccccc2)sn1-c1ccccc1. The maximum absolute atomic E-state index is 4.68. The fraction of sp³-hybridized carbons (Fsp3) is 0.0625. The van der Waals surface area contributed by atoms with Crippen molar-refractivity contribution in [2.45, 2.75) is 5.03 Å². The monoisotopic (exact) mass is 378 g/mol. The molecule has 0 bridgehead atoms.